The number of aliphatic imine (C=N–C) groups is 1. The van der Waals surface area contributed by atoms with Crippen LogP contribution in [0.2, 0.25) is 0 Å². The zero-order valence-electron chi connectivity index (χ0n) is 12.9. The highest BCUT2D eigenvalue weighted by molar-refractivity contribution is 5.96. The number of rotatable bonds is 4. The zero-order valence-corrected chi connectivity index (χ0v) is 12.9. The minimum absolute atomic E-state index is 0.708. The summed E-state index contributed by atoms with van der Waals surface area (Å²) in [6, 6.07) is 10.5. The van der Waals surface area contributed by atoms with Gasteiger partial charge in [0.05, 0.1) is 24.3 Å². The van der Waals surface area contributed by atoms with E-state index in [-0.39, 0.29) is 0 Å². The first-order valence-electron chi connectivity index (χ1n) is 7.62. The molecular formula is C18H17N5. The van der Waals surface area contributed by atoms with Crippen LogP contribution in [0.15, 0.2) is 47.6 Å². The van der Waals surface area contributed by atoms with E-state index < -0.39 is 0 Å². The van der Waals surface area contributed by atoms with Crippen LogP contribution in [0.4, 0.5) is 5.69 Å². The van der Waals surface area contributed by atoms with Crippen molar-refractivity contribution in [2.45, 2.75) is 13.5 Å². The van der Waals surface area contributed by atoms with E-state index in [0.717, 1.165) is 34.5 Å². The van der Waals surface area contributed by atoms with Crippen molar-refractivity contribution in [1.29, 1.82) is 0 Å². The van der Waals surface area contributed by atoms with E-state index in [2.05, 4.69) is 55.8 Å². The van der Waals surface area contributed by atoms with Crippen LogP contribution in [0, 0.1) is 6.92 Å². The van der Waals surface area contributed by atoms with Crippen molar-refractivity contribution < 1.29 is 0 Å². The summed E-state index contributed by atoms with van der Waals surface area (Å²) in [5, 5.41) is 11.5. The van der Waals surface area contributed by atoms with E-state index in [0.29, 0.717) is 6.54 Å². The maximum absolute atomic E-state index is 4.69. The monoisotopic (exact) mass is 303 g/mol. The number of benzene rings is 1. The molecule has 0 fully saturated rings. The number of allylic oxidation sites excluding steroid dienone is 1. The summed E-state index contributed by atoms with van der Waals surface area (Å²) in [5.41, 5.74) is 6.57. The van der Waals surface area contributed by atoms with E-state index in [1.807, 2.05) is 19.2 Å². The number of pyridine rings is 1. The molecule has 5 nitrogen and oxygen atoms in total. The van der Waals surface area contributed by atoms with Crippen LogP contribution in [0.25, 0.3) is 16.5 Å². The van der Waals surface area contributed by atoms with E-state index in [1.165, 1.54) is 11.1 Å². The molecule has 0 unspecified atom stereocenters. The Bertz CT molecular complexity index is 907. The number of nitrogens with zero attached hydrogens (tertiary/aromatic N) is 3. The second-order valence-electron chi connectivity index (χ2n) is 5.66. The Balaban J connectivity index is 1.70. The quantitative estimate of drug-likeness (QED) is 0.777. The van der Waals surface area contributed by atoms with Crippen LogP contribution in [0.3, 0.4) is 0 Å². The summed E-state index contributed by atoms with van der Waals surface area (Å²) in [7, 11) is 0. The lowest BCUT2D eigenvalue weighted by Crippen LogP contribution is -2.02. The van der Waals surface area contributed by atoms with Gasteiger partial charge in [-0.1, -0.05) is 12.1 Å². The first kappa shape index (κ1) is 13.7. The average Bonchev–Trinajstić information content (AvgIpc) is 3.25. The molecule has 23 heavy (non-hydrogen) atoms. The SMILES string of the molecule is Cc1cc(NCc2ccn[nH]2)c2ccc(C3=CC=NC3)cc2n1. The van der Waals surface area contributed by atoms with Gasteiger partial charge in [-0.25, -0.2) is 0 Å². The minimum Gasteiger partial charge on any atom is -0.379 e. The fraction of sp³-hybridized carbons (Fsp3) is 0.167. The topological polar surface area (TPSA) is 66.0 Å². The molecule has 1 aromatic carbocycles. The van der Waals surface area contributed by atoms with Gasteiger partial charge in [0.15, 0.2) is 0 Å². The van der Waals surface area contributed by atoms with Crippen molar-refractivity contribution in [3.05, 3.63) is 59.6 Å². The summed E-state index contributed by atoms with van der Waals surface area (Å²) in [4.78, 5) is 8.94. The van der Waals surface area contributed by atoms with Gasteiger partial charge in [0.1, 0.15) is 0 Å². The van der Waals surface area contributed by atoms with Crippen LogP contribution < -0.4 is 5.32 Å². The molecule has 0 amide bonds. The Morgan fingerprint density at radius 3 is 2.96 bits per heavy atom. The molecule has 2 aromatic heterocycles. The van der Waals surface area contributed by atoms with Crippen molar-refractivity contribution >= 4 is 28.4 Å². The number of anilines is 1. The average molecular weight is 303 g/mol. The van der Waals surface area contributed by atoms with Crippen LogP contribution >= 0.6 is 0 Å². The molecule has 0 radical (unpaired) electrons. The van der Waals surface area contributed by atoms with Gasteiger partial charge in [0.25, 0.3) is 0 Å². The summed E-state index contributed by atoms with van der Waals surface area (Å²) >= 11 is 0. The minimum atomic E-state index is 0.708. The second-order valence-corrected chi connectivity index (χ2v) is 5.66. The van der Waals surface area contributed by atoms with Crippen molar-refractivity contribution in [2.75, 3.05) is 11.9 Å². The summed E-state index contributed by atoms with van der Waals surface area (Å²) < 4.78 is 0. The van der Waals surface area contributed by atoms with Crippen LogP contribution in [0.5, 0.6) is 0 Å². The molecule has 3 aromatic rings. The fourth-order valence-electron chi connectivity index (χ4n) is 2.81. The number of aromatic nitrogens is 3. The van der Waals surface area contributed by atoms with Crippen molar-refractivity contribution in [1.82, 2.24) is 15.2 Å². The normalized spacial score (nSPS) is 13.5. The predicted molar refractivity (Wildman–Crippen MR) is 93.7 cm³/mol. The van der Waals surface area contributed by atoms with Gasteiger partial charge in [0, 0.05) is 29.2 Å². The van der Waals surface area contributed by atoms with E-state index in [4.69, 9.17) is 0 Å². The molecule has 1 aliphatic rings. The lowest BCUT2D eigenvalue weighted by molar-refractivity contribution is 0.982. The molecule has 3 heterocycles. The highest BCUT2D eigenvalue weighted by Crippen LogP contribution is 2.27. The van der Waals surface area contributed by atoms with Crippen molar-refractivity contribution in [3.63, 3.8) is 0 Å². The number of aryl methyl sites for hydroxylation is 1. The van der Waals surface area contributed by atoms with Gasteiger partial charge in [-0.3, -0.25) is 15.1 Å². The number of aromatic amines is 1. The fourth-order valence-corrected chi connectivity index (χ4v) is 2.81. The van der Waals surface area contributed by atoms with Crippen LogP contribution in [0.1, 0.15) is 17.0 Å². The van der Waals surface area contributed by atoms with Crippen molar-refractivity contribution in [2.24, 2.45) is 4.99 Å². The number of hydrogen-bond acceptors (Lipinski definition) is 4. The molecule has 0 spiro atoms. The van der Waals surface area contributed by atoms with E-state index >= 15 is 0 Å². The Morgan fingerprint density at radius 2 is 2.17 bits per heavy atom. The summed E-state index contributed by atoms with van der Waals surface area (Å²) in [6.45, 7) is 3.48. The van der Waals surface area contributed by atoms with Crippen molar-refractivity contribution in [3.8, 4) is 0 Å². The number of hydrogen-bond donors (Lipinski definition) is 2. The molecule has 0 aliphatic carbocycles. The molecule has 0 saturated heterocycles. The Labute approximate surface area is 134 Å². The molecule has 1 aliphatic heterocycles. The highest BCUT2D eigenvalue weighted by Gasteiger charge is 2.09. The molecular weight excluding hydrogens is 286 g/mol. The van der Waals surface area contributed by atoms with E-state index in [1.54, 1.807) is 6.20 Å². The third-order valence-corrected chi connectivity index (χ3v) is 3.98. The lowest BCUT2D eigenvalue weighted by atomic mass is 10.0. The lowest BCUT2D eigenvalue weighted by Gasteiger charge is -2.11. The third kappa shape index (κ3) is 2.73. The molecule has 0 bridgehead atoms. The Hall–Kier alpha value is -2.95. The standard InChI is InChI=1S/C18H17N5/c1-12-8-17(20-11-15-5-7-21-23-15)16-3-2-13(9-18(16)22-12)14-4-6-19-10-14/h2-9H,10-11H2,1H3,(H,20,22)(H,21,23). The molecule has 5 heteroatoms. The molecule has 0 saturated carbocycles. The summed E-state index contributed by atoms with van der Waals surface area (Å²) in [6.07, 6.45) is 5.69. The highest BCUT2D eigenvalue weighted by atomic mass is 15.1. The number of H-pyrrole nitrogens is 1. The maximum atomic E-state index is 4.69. The zero-order chi connectivity index (χ0) is 15.6. The number of fused-ring (bicyclic) bond motifs is 1. The number of nitrogens with one attached hydrogen (secondary N) is 2. The predicted octanol–water partition coefficient (Wildman–Crippen LogP) is 3.35. The molecule has 2 N–H and O–H groups in total. The van der Waals surface area contributed by atoms with Gasteiger partial charge < -0.3 is 5.32 Å². The first-order valence-corrected chi connectivity index (χ1v) is 7.62. The first-order chi connectivity index (χ1) is 11.3. The van der Waals surface area contributed by atoms with Crippen LogP contribution in [-0.4, -0.2) is 27.9 Å². The summed E-state index contributed by atoms with van der Waals surface area (Å²) in [5.74, 6) is 0. The molecule has 4 rings (SSSR count). The molecule has 114 valence electrons. The molecule has 0 atom stereocenters. The van der Waals surface area contributed by atoms with E-state index in [9.17, 15) is 0 Å². The van der Waals surface area contributed by atoms with Gasteiger partial charge in [0.2, 0.25) is 0 Å². The Kier molecular flexibility index (Phi) is 3.38. The van der Waals surface area contributed by atoms with Gasteiger partial charge >= 0.3 is 0 Å². The van der Waals surface area contributed by atoms with Gasteiger partial charge in [-0.05, 0) is 42.3 Å². The Morgan fingerprint density at radius 1 is 1.22 bits per heavy atom. The van der Waals surface area contributed by atoms with Gasteiger partial charge in [-0.2, -0.15) is 5.10 Å². The maximum Gasteiger partial charge on any atom is 0.0732 e. The smallest absolute Gasteiger partial charge is 0.0732 e. The largest absolute Gasteiger partial charge is 0.379 e. The third-order valence-electron chi connectivity index (χ3n) is 3.98. The second kappa shape index (κ2) is 5.68. The van der Waals surface area contributed by atoms with Crippen LogP contribution in [-0.2, 0) is 6.54 Å². The van der Waals surface area contributed by atoms with Gasteiger partial charge in [-0.15, -0.1) is 0 Å².